The Morgan fingerprint density at radius 2 is 1.96 bits per heavy atom. The number of allylic oxidation sites excluding steroid dienone is 1. The molecule has 5 unspecified atom stereocenters. The molecule has 4 aliphatic rings. The average Bonchev–Trinajstić information content (AvgIpc) is 3.42. The number of nitrogens with zero attached hydrogens (tertiary/aromatic N) is 7. The van der Waals surface area contributed by atoms with Crippen molar-refractivity contribution in [2.24, 2.45) is 23.7 Å². The van der Waals surface area contributed by atoms with Crippen molar-refractivity contribution in [3.8, 4) is 6.07 Å². The van der Waals surface area contributed by atoms with E-state index in [0.29, 0.717) is 35.6 Å². The molecule has 1 saturated heterocycles. The molecule has 1 aromatic carbocycles. The Kier molecular flexibility index (Phi) is 8.46. The van der Waals surface area contributed by atoms with Crippen molar-refractivity contribution in [1.82, 2.24) is 40.6 Å². The van der Waals surface area contributed by atoms with Crippen LogP contribution in [0.4, 0.5) is 0 Å². The molecule has 3 aliphatic carbocycles. The largest absolute Gasteiger partial charge is 0.381 e. The lowest BCUT2D eigenvalue weighted by molar-refractivity contribution is -0.131. The van der Waals surface area contributed by atoms with Crippen LogP contribution in [0.5, 0.6) is 0 Å². The normalized spacial score (nSPS) is 30.6. The van der Waals surface area contributed by atoms with Crippen molar-refractivity contribution in [3.63, 3.8) is 0 Å². The number of piperidine rings is 1. The van der Waals surface area contributed by atoms with Crippen LogP contribution in [0.2, 0.25) is 0 Å². The number of hydrogen-bond donors (Lipinski definition) is 2. The number of rotatable bonds is 9. The smallest absolute Gasteiger partial charge is 0.253 e. The Bertz CT molecular complexity index is 1480. The third kappa shape index (κ3) is 5.62. The monoisotopic (exact) mass is 613 g/mol. The van der Waals surface area contributed by atoms with Crippen molar-refractivity contribution in [1.29, 1.82) is 5.26 Å². The van der Waals surface area contributed by atoms with Crippen molar-refractivity contribution < 1.29 is 9.59 Å². The molecular weight excluding hydrogens is 566 g/mol. The van der Waals surface area contributed by atoms with Crippen LogP contribution in [-0.2, 0) is 16.6 Å². The Morgan fingerprint density at radius 3 is 2.64 bits per heavy atom. The third-order valence-electron chi connectivity index (χ3n) is 11.2. The van der Waals surface area contributed by atoms with E-state index < -0.39 is 5.41 Å². The molecule has 2 saturated carbocycles. The number of aromatic nitrogens is 4. The molecule has 0 bridgehead atoms. The number of benzene rings is 1. The lowest BCUT2D eigenvalue weighted by atomic mass is 9.57. The van der Waals surface area contributed by atoms with Crippen molar-refractivity contribution in [2.75, 3.05) is 34.7 Å². The number of likely N-dealkylation sites (tertiary alicyclic amines) is 1. The summed E-state index contributed by atoms with van der Waals surface area (Å²) in [5.41, 5.74) is 3.58. The van der Waals surface area contributed by atoms with E-state index in [0.717, 1.165) is 56.1 Å². The second-order valence-electron chi connectivity index (χ2n) is 14.3. The van der Waals surface area contributed by atoms with E-state index in [-0.39, 0.29) is 42.4 Å². The summed E-state index contributed by atoms with van der Waals surface area (Å²) in [6.45, 7) is 6.75. The summed E-state index contributed by atoms with van der Waals surface area (Å²) in [6, 6.07) is 8.33. The zero-order valence-corrected chi connectivity index (χ0v) is 27.3. The van der Waals surface area contributed by atoms with E-state index in [2.05, 4.69) is 76.6 Å². The van der Waals surface area contributed by atoms with Gasteiger partial charge in [0.15, 0.2) is 5.82 Å². The van der Waals surface area contributed by atoms with Crippen molar-refractivity contribution in [3.05, 3.63) is 53.0 Å². The number of fused-ring (bicyclic) bond motifs is 3. The predicted octanol–water partition coefficient (Wildman–Crippen LogP) is 3.12. The maximum Gasteiger partial charge on any atom is 0.253 e. The van der Waals surface area contributed by atoms with Gasteiger partial charge in [0.25, 0.3) is 5.91 Å². The minimum atomic E-state index is -0.576. The van der Waals surface area contributed by atoms with Gasteiger partial charge in [-0.05, 0) is 105 Å². The zero-order chi connectivity index (χ0) is 32.0. The first-order valence-electron chi connectivity index (χ1n) is 16.4. The SMILES string of the molecule is C=C(C1CCC2C(CCc3cc(C(=O)N(C)C)ccc3C2(C[C@@H](C)NCC(=O)N2C(C#N)C[C@@H]3C[C@@H]32)c2nn[nH]n2)C1)N(C)C. The van der Waals surface area contributed by atoms with Crippen molar-refractivity contribution >= 4 is 11.8 Å². The van der Waals surface area contributed by atoms with Crippen LogP contribution in [0.3, 0.4) is 0 Å². The highest BCUT2D eigenvalue weighted by Crippen LogP contribution is 2.55. The Labute approximate surface area is 266 Å². The number of carbonyl (C=O) groups excluding carboxylic acids is 2. The van der Waals surface area contributed by atoms with Gasteiger partial charge in [-0.25, -0.2) is 0 Å². The number of amides is 2. The molecule has 11 heteroatoms. The van der Waals surface area contributed by atoms with Crippen LogP contribution in [0.1, 0.15) is 79.2 Å². The van der Waals surface area contributed by atoms with E-state index in [9.17, 15) is 14.9 Å². The number of nitriles is 1. The minimum Gasteiger partial charge on any atom is -0.381 e. The van der Waals surface area contributed by atoms with Gasteiger partial charge in [0.2, 0.25) is 5.91 Å². The molecule has 1 aliphatic heterocycles. The van der Waals surface area contributed by atoms with Gasteiger partial charge in [-0.3, -0.25) is 9.59 Å². The molecule has 0 spiro atoms. The molecule has 0 radical (unpaired) electrons. The molecule has 2 N–H and O–H groups in total. The van der Waals surface area contributed by atoms with Crippen LogP contribution < -0.4 is 5.32 Å². The second-order valence-corrected chi connectivity index (χ2v) is 14.3. The molecule has 11 nitrogen and oxygen atoms in total. The average molecular weight is 614 g/mol. The molecule has 6 rings (SSSR count). The van der Waals surface area contributed by atoms with E-state index in [1.54, 1.807) is 19.0 Å². The standard InChI is InChI=1S/C34H47N9O2/c1-20(36-19-31(44)43-27(18-35)15-26-16-30(26)43)17-34(33-37-39-40-38-33)28-11-9-22(21(2)41(3)4)13-23(28)7-8-24-14-25(10-12-29(24)34)32(45)42(5)6/h10,12,14,20,22-23,26-28,30,36H,2,7-9,11,13,15-17,19H2,1,3-6H3,(H,37,38,39,40)/t20-,22?,23?,26-,27?,28?,30+,34?/m1/s1. The maximum absolute atomic E-state index is 13.4. The summed E-state index contributed by atoms with van der Waals surface area (Å²) in [6.07, 6.45) is 7.38. The Balaban J connectivity index is 1.35. The molecule has 2 amide bonds. The molecule has 1 aromatic heterocycles. The second kappa shape index (κ2) is 12.2. The fourth-order valence-corrected chi connectivity index (χ4v) is 8.90. The van der Waals surface area contributed by atoms with Crippen LogP contribution >= 0.6 is 0 Å². The molecule has 8 atom stereocenters. The number of tetrazole rings is 1. The number of nitrogens with one attached hydrogen (secondary N) is 2. The minimum absolute atomic E-state index is 0.000648. The molecule has 240 valence electrons. The van der Waals surface area contributed by atoms with Crippen LogP contribution in [0.15, 0.2) is 30.5 Å². The summed E-state index contributed by atoms with van der Waals surface area (Å²) >= 11 is 0. The Morgan fingerprint density at radius 1 is 1.16 bits per heavy atom. The van der Waals surface area contributed by atoms with Crippen LogP contribution in [0.25, 0.3) is 0 Å². The van der Waals surface area contributed by atoms with Crippen LogP contribution in [-0.4, -0.2) is 100.0 Å². The number of hydrogen-bond acceptors (Lipinski definition) is 8. The number of carbonyl (C=O) groups is 2. The fourth-order valence-electron chi connectivity index (χ4n) is 8.90. The number of aromatic amines is 1. The summed E-state index contributed by atoms with van der Waals surface area (Å²) in [5.74, 6) is 2.18. The topological polar surface area (TPSA) is 134 Å². The first-order chi connectivity index (χ1) is 21.5. The van der Waals surface area contributed by atoms with E-state index >= 15 is 0 Å². The fraction of sp³-hybridized carbons (Fsp3) is 0.647. The summed E-state index contributed by atoms with van der Waals surface area (Å²) in [4.78, 5) is 32.0. The first-order valence-corrected chi connectivity index (χ1v) is 16.4. The molecule has 2 aromatic rings. The van der Waals surface area contributed by atoms with Gasteiger partial charge in [0.05, 0.1) is 18.0 Å². The zero-order valence-electron chi connectivity index (χ0n) is 27.3. The maximum atomic E-state index is 13.4. The summed E-state index contributed by atoms with van der Waals surface area (Å²) < 4.78 is 0. The van der Waals surface area contributed by atoms with E-state index in [4.69, 9.17) is 0 Å². The predicted molar refractivity (Wildman–Crippen MR) is 170 cm³/mol. The number of aryl methyl sites for hydroxylation is 1. The quantitative estimate of drug-likeness (QED) is 0.441. The lowest BCUT2D eigenvalue weighted by Crippen LogP contribution is -2.49. The summed E-state index contributed by atoms with van der Waals surface area (Å²) in [7, 11) is 7.71. The van der Waals surface area contributed by atoms with Gasteiger partial charge < -0.3 is 20.0 Å². The van der Waals surface area contributed by atoms with Crippen molar-refractivity contribution in [2.45, 2.75) is 81.8 Å². The highest BCUT2D eigenvalue weighted by Gasteiger charge is 2.55. The molecule has 3 fully saturated rings. The lowest BCUT2D eigenvalue weighted by Gasteiger charge is -2.48. The van der Waals surface area contributed by atoms with Gasteiger partial charge in [-0.15, -0.1) is 10.2 Å². The third-order valence-corrected chi connectivity index (χ3v) is 11.2. The Hall–Kier alpha value is -3.78. The van der Waals surface area contributed by atoms with Gasteiger partial charge in [-0.2, -0.15) is 10.5 Å². The molecule has 2 heterocycles. The highest BCUT2D eigenvalue weighted by atomic mass is 16.2. The van der Waals surface area contributed by atoms with Crippen LogP contribution in [0, 0.1) is 35.0 Å². The molecular formula is C34H47N9O2. The van der Waals surface area contributed by atoms with Gasteiger partial charge in [-0.1, -0.05) is 17.9 Å². The highest BCUT2D eigenvalue weighted by molar-refractivity contribution is 5.94. The number of H-pyrrole nitrogens is 1. The summed E-state index contributed by atoms with van der Waals surface area (Å²) in [5, 5.41) is 29.3. The van der Waals surface area contributed by atoms with Gasteiger partial charge >= 0.3 is 0 Å². The van der Waals surface area contributed by atoms with Gasteiger partial charge in [0, 0.05) is 51.5 Å². The first kappa shape index (κ1) is 31.2. The molecule has 45 heavy (non-hydrogen) atoms. The van der Waals surface area contributed by atoms with E-state index in [1.807, 2.05) is 11.0 Å². The van der Waals surface area contributed by atoms with Gasteiger partial charge in [0.1, 0.15) is 6.04 Å². The van der Waals surface area contributed by atoms with E-state index in [1.165, 1.54) is 5.70 Å².